The highest BCUT2D eigenvalue weighted by molar-refractivity contribution is 5.27. The van der Waals surface area contributed by atoms with E-state index in [9.17, 15) is 5.11 Å². The molecule has 0 spiro atoms. The minimum absolute atomic E-state index is 0.485. The Morgan fingerprint density at radius 3 is 1.93 bits per heavy atom. The predicted molar refractivity (Wildman–Crippen MR) is 55.8 cm³/mol. The summed E-state index contributed by atoms with van der Waals surface area (Å²) in [6.07, 6.45) is 4.87. The van der Waals surface area contributed by atoms with Crippen molar-refractivity contribution in [1.29, 1.82) is 0 Å². The van der Waals surface area contributed by atoms with Gasteiger partial charge in [0.25, 0.3) is 0 Å². The van der Waals surface area contributed by atoms with Gasteiger partial charge in [0.15, 0.2) is 0 Å². The van der Waals surface area contributed by atoms with E-state index in [0.717, 1.165) is 5.56 Å². The molecule has 1 heteroatoms. The van der Waals surface area contributed by atoms with Crippen LogP contribution >= 0.6 is 0 Å². The van der Waals surface area contributed by atoms with Crippen molar-refractivity contribution in [3.8, 4) is 0 Å². The first kappa shape index (κ1) is 8.49. The minimum Gasteiger partial charge on any atom is -0.385 e. The summed E-state index contributed by atoms with van der Waals surface area (Å²) in [6.45, 7) is 0. The maximum Gasteiger partial charge on any atom is 0.0952 e. The molecule has 1 aromatic rings. The van der Waals surface area contributed by atoms with Crippen molar-refractivity contribution in [2.45, 2.75) is 31.3 Å². The molecule has 3 rings (SSSR count). The van der Waals surface area contributed by atoms with Gasteiger partial charge < -0.3 is 5.11 Å². The Balaban J connectivity index is 2.05. The molecular weight excluding hydrogens is 172 g/mol. The molecule has 0 aliphatic heterocycles. The zero-order valence-corrected chi connectivity index (χ0v) is 8.32. The van der Waals surface area contributed by atoms with E-state index in [4.69, 9.17) is 0 Å². The molecule has 0 atom stereocenters. The fraction of sp³-hybridized carbons (Fsp3) is 0.538. The van der Waals surface area contributed by atoms with Gasteiger partial charge in [-0.3, -0.25) is 0 Å². The Kier molecular flexibility index (Phi) is 1.72. The van der Waals surface area contributed by atoms with Gasteiger partial charge in [0.1, 0.15) is 0 Å². The molecular formula is C13H16O. The van der Waals surface area contributed by atoms with E-state index in [-0.39, 0.29) is 0 Å². The first-order valence-electron chi connectivity index (χ1n) is 5.59. The highest BCUT2D eigenvalue weighted by atomic mass is 16.3. The Hall–Kier alpha value is -0.820. The molecule has 1 aromatic carbocycles. The lowest BCUT2D eigenvalue weighted by molar-refractivity contribution is -0.0102. The molecule has 0 saturated heterocycles. The Labute approximate surface area is 84.8 Å². The summed E-state index contributed by atoms with van der Waals surface area (Å²) >= 11 is 0. The van der Waals surface area contributed by atoms with Gasteiger partial charge in [-0.1, -0.05) is 30.3 Å². The van der Waals surface area contributed by atoms with Gasteiger partial charge in [-0.05, 0) is 43.1 Å². The SMILES string of the molecule is OC1(c2ccccc2)C2CCC1CC2. The molecule has 2 aliphatic carbocycles. The van der Waals surface area contributed by atoms with Crippen LogP contribution in [0.4, 0.5) is 0 Å². The summed E-state index contributed by atoms with van der Waals surface area (Å²) in [5, 5.41) is 10.8. The number of benzene rings is 1. The molecule has 1 N–H and O–H groups in total. The topological polar surface area (TPSA) is 20.2 Å². The predicted octanol–water partition coefficient (Wildman–Crippen LogP) is 2.69. The summed E-state index contributed by atoms with van der Waals surface area (Å²) in [5.74, 6) is 1.05. The van der Waals surface area contributed by atoms with Gasteiger partial charge in [0, 0.05) is 0 Å². The third-order valence-corrected chi connectivity index (χ3v) is 4.21. The highest BCUT2D eigenvalue weighted by Gasteiger charge is 2.53. The van der Waals surface area contributed by atoms with Gasteiger partial charge in [0.05, 0.1) is 5.60 Å². The number of fused-ring (bicyclic) bond motifs is 2. The van der Waals surface area contributed by atoms with Crippen LogP contribution in [0, 0.1) is 11.8 Å². The van der Waals surface area contributed by atoms with Crippen LogP contribution in [0.3, 0.4) is 0 Å². The third kappa shape index (κ3) is 0.936. The molecule has 0 unspecified atom stereocenters. The van der Waals surface area contributed by atoms with Crippen LogP contribution in [-0.2, 0) is 5.60 Å². The lowest BCUT2D eigenvalue weighted by Gasteiger charge is -2.28. The molecule has 14 heavy (non-hydrogen) atoms. The standard InChI is InChI=1S/C13H16O/c14-13(10-4-2-1-3-5-10)11-6-7-12(13)9-8-11/h1-5,11-12,14H,6-9H2. The van der Waals surface area contributed by atoms with Crippen LogP contribution in [0.25, 0.3) is 0 Å². The van der Waals surface area contributed by atoms with Crippen molar-refractivity contribution < 1.29 is 5.11 Å². The zero-order valence-electron chi connectivity index (χ0n) is 8.32. The van der Waals surface area contributed by atoms with Crippen molar-refractivity contribution in [2.24, 2.45) is 11.8 Å². The smallest absolute Gasteiger partial charge is 0.0952 e. The van der Waals surface area contributed by atoms with Crippen LogP contribution in [-0.4, -0.2) is 5.11 Å². The van der Waals surface area contributed by atoms with Gasteiger partial charge >= 0.3 is 0 Å². The van der Waals surface area contributed by atoms with Crippen molar-refractivity contribution in [3.05, 3.63) is 35.9 Å². The van der Waals surface area contributed by atoms with E-state index in [1.165, 1.54) is 25.7 Å². The number of rotatable bonds is 1. The normalized spacial score (nSPS) is 40.4. The first-order chi connectivity index (χ1) is 6.82. The van der Waals surface area contributed by atoms with E-state index < -0.39 is 5.60 Å². The summed E-state index contributed by atoms with van der Waals surface area (Å²) in [7, 11) is 0. The van der Waals surface area contributed by atoms with Crippen molar-refractivity contribution in [3.63, 3.8) is 0 Å². The van der Waals surface area contributed by atoms with Gasteiger partial charge in [-0.15, -0.1) is 0 Å². The summed E-state index contributed by atoms with van der Waals surface area (Å²) in [4.78, 5) is 0. The van der Waals surface area contributed by atoms with Gasteiger partial charge in [0.2, 0.25) is 0 Å². The molecule has 74 valence electrons. The summed E-state index contributed by atoms with van der Waals surface area (Å²) in [5.41, 5.74) is 0.659. The van der Waals surface area contributed by atoms with Crippen LogP contribution in [0.1, 0.15) is 31.2 Å². The second-order valence-corrected chi connectivity index (χ2v) is 4.74. The quantitative estimate of drug-likeness (QED) is 0.718. The molecule has 2 bridgehead atoms. The number of hydrogen-bond donors (Lipinski definition) is 1. The Bertz CT molecular complexity index is 310. The molecule has 1 nitrogen and oxygen atoms in total. The molecule has 0 heterocycles. The molecule has 2 aliphatic rings. The van der Waals surface area contributed by atoms with Crippen molar-refractivity contribution in [2.75, 3.05) is 0 Å². The number of hydrogen-bond acceptors (Lipinski definition) is 1. The maximum atomic E-state index is 10.8. The Morgan fingerprint density at radius 1 is 0.929 bits per heavy atom. The fourth-order valence-electron chi connectivity index (χ4n) is 3.48. The van der Waals surface area contributed by atoms with Crippen molar-refractivity contribution in [1.82, 2.24) is 0 Å². The van der Waals surface area contributed by atoms with Gasteiger partial charge in [-0.2, -0.15) is 0 Å². The van der Waals surface area contributed by atoms with Crippen LogP contribution in [0.15, 0.2) is 30.3 Å². The monoisotopic (exact) mass is 188 g/mol. The average molecular weight is 188 g/mol. The molecule has 2 fully saturated rings. The highest BCUT2D eigenvalue weighted by Crippen LogP contribution is 2.57. The molecule has 2 saturated carbocycles. The second kappa shape index (κ2) is 2.83. The second-order valence-electron chi connectivity index (χ2n) is 4.74. The molecule has 0 radical (unpaired) electrons. The Morgan fingerprint density at radius 2 is 1.43 bits per heavy atom. The van der Waals surface area contributed by atoms with E-state index >= 15 is 0 Å². The minimum atomic E-state index is -0.485. The number of aliphatic hydroxyl groups is 1. The van der Waals surface area contributed by atoms with E-state index in [0.29, 0.717) is 11.8 Å². The zero-order chi connectivity index (χ0) is 9.60. The van der Waals surface area contributed by atoms with Crippen LogP contribution in [0.2, 0.25) is 0 Å². The third-order valence-electron chi connectivity index (χ3n) is 4.21. The van der Waals surface area contributed by atoms with Crippen molar-refractivity contribution >= 4 is 0 Å². The first-order valence-corrected chi connectivity index (χ1v) is 5.59. The van der Waals surface area contributed by atoms with E-state index in [2.05, 4.69) is 12.1 Å². The van der Waals surface area contributed by atoms with Crippen LogP contribution in [0.5, 0.6) is 0 Å². The molecule has 0 amide bonds. The van der Waals surface area contributed by atoms with Gasteiger partial charge in [-0.25, -0.2) is 0 Å². The lowest BCUT2D eigenvalue weighted by atomic mass is 9.84. The lowest BCUT2D eigenvalue weighted by Crippen LogP contribution is -2.30. The molecule has 0 aromatic heterocycles. The van der Waals surface area contributed by atoms with E-state index in [1.807, 2.05) is 18.2 Å². The maximum absolute atomic E-state index is 10.8. The van der Waals surface area contributed by atoms with Crippen LogP contribution < -0.4 is 0 Å². The summed E-state index contributed by atoms with van der Waals surface area (Å²) in [6, 6.07) is 10.2. The fourth-order valence-corrected chi connectivity index (χ4v) is 3.48. The van der Waals surface area contributed by atoms with E-state index in [1.54, 1.807) is 0 Å². The largest absolute Gasteiger partial charge is 0.385 e. The average Bonchev–Trinajstić information content (AvgIpc) is 2.75. The summed E-state index contributed by atoms with van der Waals surface area (Å²) < 4.78 is 0.